The first-order valence-electron chi connectivity index (χ1n) is 10.0. The van der Waals surface area contributed by atoms with E-state index >= 15 is 0 Å². The molecule has 3 rings (SSSR count). The van der Waals surface area contributed by atoms with Crippen LogP contribution >= 0.6 is 0 Å². The number of anilines is 1. The van der Waals surface area contributed by atoms with E-state index in [4.69, 9.17) is 0 Å². The van der Waals surface area contributed by atoms with E-state index in [0.29, 0.717) is 5.56 Å². The summed E-state index contributed by atoms with van der Waals surface area (Å²) >= 11 is 0. The molecule has 0 aromatic heterocycles. The SMILES string of the molecule is Cc1ccc(NCC(=O)NNC(=O)CCC(=O)c2ccc3c(c2)CCCC3)cc1. The van der Waals surface area contributed by atoms with E-state index < -0.39 is 0 Å². The molecule has 3 N–H and O–H groups in total. The Balaban J connectivity index is 1.37. The van der Waals surface area contributed by atoms with Crippen LogP contribution in [0.15, 0.2) is 42.5 Å². The van der Waals surface area contributed by atoms with Crippen LogP contribution in [0.2, 0.25) is 0 Å². The lowest BCUT2D eigenvalue weighted by atomic mass is 9.89. The Kier molecular flexibility index (Phi) is 7.00. The van der Waals surface area contributed by atoms with Crippen LogP contribution in [-0.2, 0) is 22.4 Å². The number of nitrogens with one attached hydrogen (secondary N) is 3. The molecule has 2 amide bonds. The molecule has 0 atom stereocenters. The van der Waals surface area contributed by atoms with Gasteiger partial charge in [0.15, 0.2) is 5.78 Å². The number of hydrazine groups is 1. The minimum atomic E-state index is -0.389. The fraction of sp³-hybridized carbons (Fsp3) is 0.348. The molecule has 0 aliphatic heterocycles. The Labute approximate surface area is 171 Å². The van der Waals surface area contributed by atoms with Gasteiger partial charge in [0.25, 0.3) is 5.91 Å². The summed E-state index contributed by atoms with van der Waals surface area (Å²) in [4.78, 5) is 36.1. The molecule has 1 aliphatic rings. The lowest BCUT2D eigenvalue weighted by Crippen LogP contribution is -2.44. The number of carbonyl (C=O) groups excluding carboxylic acids is 3. The average Bonchev–Trinajstić information content (AvgIpc) is 2.75. The Morgan fingerprint density at radius 2 is 1.52 bits per heavy atom. The molecule has 6 heteroatoms. The number of rotatable bonds is 7. The van der Waals surface area contributed by atoms with Crippen molar-refractivity contribution in [2.75, 3.05) is 11.9 Å². The van der Waals surface area contributed by atoms with Crippen molar-refractivity contribution < 1.29 is 14.4 Å². The average molecular weight is 393 g/mol. The topological polar surface area (TPSA) is 87.3 Å². The number of carbonyl (C=O) groups is 3. The van der Waals surface area contributed by atoms with Gasteiger partial charge in [-0.15, -0.1) is 0 Å². The number of hydrogen-bond acceptors (Lipinski definition) is 4. The van der Waals surface area contributed by atoms with Crippen LogP contribution < -0.4 is 16.2 Å². The molecule has 0 heterocycles. The Bertz CT molecular complexity index is 891. The fourth-order valence-corrected chi connectivity index (χ4v) is 3.38. The van der Waals surface area contributed by atoms with Gasteiger partial charge in [-0.1, -0.05) is 29.8 Å². The van der Waals surface area contributed by atoms with Crippen molar-refractivity contribution in [1.29, 1.82) is 0 Å². The number of hydrogen-bond donors (Lipinski definition) is 3. The first-order chi connectivity index (χ1) is 14.0. The van der Waals surface area contributed by atoms with Crippen LogP contribution in [0, 0.1) is 6.92 Å². The summed E-state index contributed by atoms with van der Waals surface area (Å²) < 4.78 is 0. The van der Waals surface area contributed by atoms with Gasteiger partial charge in [0.05, 0.1) is 6.54 Å². The van der Waals surface area contributed by atoms with E-state index in [9.17, 15) is 14.4 Å². The maximum Gasteiger partial charge on any atom is 0.257 e. The van der Waals surface area contributed by atoms with Gasteiger partial charge in [-0.2, -0.15) is 0 Å². The monoisotopic (exact) mass is 393 g/mol. The quantitative estimate of drug-likeness (QED) is 0.498. The number of benzene rings is 2. The van der Waals surface area contributed by atoms with Crippen LogP contribution in [-0.4, -0.2) is 24.1 Å². The van der Waals surface area contributed by atoms with E-state index in [1.54, 1.807) is 0 Å². The molecule has 152 valence electrons. The molecule has 0 saturated heterocycles. The summed E-state index contributed by atoms with van der Waals surface area (Å²) in [6.07, 6.45) is 4.59. The van der Waals surface area contributed by atoms with E-state index in [2.05, 4.69) is 16.2 Å². The Hall–Kier alpha value is -3.15. The first-order valence-corrected chi connectivity index (χ1v) is 10.0. The van der Waals surface area contributed by atoms with Crippen molar-refractivity contribution in [3.63, 3.8) is 0 Å². The lowest BCUT2D eigenvalue weighted by molar-refractivity contribution is -0.128. The molecule has 0 radical (unpaired) electrons. The molecule has 29 heavy (non-hydrogen) atoms. The van der Waals surface area contributed by atoms with Crippen LogP contribution in [0.4, 0.5) is 5.69 Å². The molecule has 1 aliphatic carbocycles. The maximum absolute atomic E-state index is 12.4. The molecule has 0 unspecified atom stereocenters. The van der Waals surface area contributed by atoms with E-state index in [0.717, 1.165) is 30.5 Å². The predicted molar refractivity (Wildman–Crippen MR) is 113 cm³/mol. The lowest BCUT2D eigenvalue weighted by Gasteiger charge is -2.16. The number of aryl methyl sites for hydroxylation is 3. The van der Waals surface area contributed by atoms with Crippen molar-refractivity contribution >= 4 is 23.3 Å². The van der Waals surface area contributed by atoms with Crippen molar-refractivity contribution in [2.45, 2.75) is 45.4 Å². The zero-order chi connectivity index (χ0) is 20.6. The summed E-state index contributed by atoms with van der Waals surface area (Å²) in [5, 5.41) is 2.97. The van der Waals surface area contributed by atoms with E-state index in [1.165, 1.54) is 17.5 Å². The molecule has 0 bridgehead atoms. The second-order valence-corrected chi connectivity index (χ2v) is 7.43. The molecule has 2 aromatic rings. The summed E-state index contributed by atoms with van der Waals surface area (Å²) in [5.41, 5.74) is 9.91. The zero-order valence-corrected chi connectivity index (χ0v) is 16.7. The van der Waals surface area contributed by atoms with Crippen molar-refractivity contribution in [3.8, 4) is 0 Å². The fourth-order valence-electron chi connectivity index (χ4n) is 3.38. The van der Waals surface area contributed by atoms with Gasteiger partial charge in [-0.25, -0.2) is 0 Å². The highest BCUT2D eigenvalue weighted by Gasteiger charge is 2.14. The second-order valence-electron chi connectivity index (χ2n) is 7.43. The van der Waals surface area contributed by atoms with Gasteiger partial charge in [-0.3, -0.25) is 25.2 Å². The molecular formula is C23H27N3O3. The maximum atomic E-state index is 12.4. The third kappa shape index (κ3) is 6.17. The van der Waals surface area contributed by atoms with Crippen LogP contribution in [0.1, 0.15) is 52.7 Å². The van der Waals surface area contributed by atoms with E-state index in [-0.39, 0.29) is 37.0 Å². The highest BCUT2D eigenvalue weighted by atomic mass is 16.2. The Morgan fingerprint density at radius 3 is 2.28 bits per heavy atom. The standard InChI is InChI=1S/C23H27N3O3/c1-16-6-10-20(11-7-16)24-15-23(29)26-25-22(28)13-12-21(27)19-9-8-17-4-2-3-5-18(17)14-19/h6-11,14,24H,2-5,12-13,15H2,1H3,(H,25,28)(H,26,29). The van der Waals surface area contributed by atoms with Gasteiger partial charge in [0, 0.05) is 24.1 Å². The Morgan fingerprint density at radius 1 is 0.828 bits per heavy atom. The smallest absolute Gasteiger partial charge is 0.257 e. The van der Waals surface area contributed by atoms with Crippen molar-refractivity contribution in [2.24, 2.45) is 0 Å². The number of fused-ring (bicyclic) bond motifs is 1. The summed E-state index contributed by atoms with van der Waals surface area (Å²) in [7, 11) is 0. The van der Waals surface area contributed by atoms with E-state index in [1.807, 2.05) is 49.4 Å². The van der Waals surface area contributed by atoms with Gasteiger partial charge < -0.3 is 5.32 Å². The summed E-state index contributed by atoms with van der Waals surface area (Å²) in [6, 6.07) is 13.5. The molecule has 0 spiro atoms. The third-order valence-corrected chi connectivity index (χ3v) is 5.10. The van der Waals surface area contributed by atoms with Gasteiger partial charge in [-0.05, 0) is 61.9 Å². The largest absolute Gasteiger partial charge is 0.376 e. The predicted octanol–water partition coefficient (Wildman–Crippen LogP) is 3.10. The highest BCUT2D eigenvalue weighted by Crippen LogP contribution is 2.22. The number of Topliss-reactive ketones (excluding diaryl/α,β-unsaturated/α-hetero) is 1. The molecule has 2 aromatic carbocycles. The van der Waals surface area contributed by atoms with Gasteiger partial charge in [0.1, 0.15) is 0 Å². The van der Waals surface area contributed by atoms with Crippen LogP contribution in [0.5, 0.6) is 0 Å². The molecular weight excluding hydrogens is 366 g/mol. The molecule has 6 nitrogen and oxygen atoms in total. The normalized spacial score (nSPS) is 12.6. The minimum Gasteiger partial charge on any atom is -0.376 e. The summed E-state index contributed by atoms with van der Waals surface area (Å²) in [5.74, 6) is -0.805. The zero-order valence-electron chi connectivity index (χ0n) is 16.7. The number of amides is 2. The molecule has 0 fully saturated rings. The van der Waals surface area contributed by atoms with Crippen LogP contribution in [0.3, 0.4) is 0 Å². The highest BCUT2D eigenvalue weighted by molar-refractivity contribution is 5.98. The minimum absolute atomic E-state index is 0.0294. The van der Waals surface area contributed by atoms with Crippen molar-refractivity contribution in [1.82, 2.24) is 10.9 Å². The van der Waals surface area contributed by atoms with Gasteiger partial charge in [0.2, 0.25) is 5.91 Å². The van der Waals surface area contributed by atoms with Crippen molar-refractivity contribution in [3.05, 3.63) is 64.7 Å². The third-order valence-electron chi connectivity index (χ3n) is 5.10. The first kappa shape index (κ1) is 20.6. The summed E-state index contributed by atoms with van der Waals surface area (Å²) in [6.45, 7) is 2.03. The molecule has 0 saturated carbocycles. The second kappa shape index (κ2) is 9.87. The van der Waals surface area contributed by atoms with Crippen LogP contribution in [0.25, 0.3) is 0 Å². The van der Waals surface area contributed by atoms with Gasteiger partial charge >= 0.3 is 0 Å². The number of ketones is 1.